The molecule has 1 heterocycles. The van der Waals surface area contributed by atoms with Gasteiger partial charge in [0.2, 0.25) is 15.9 Å². The van der Waals surface area contributed by atoms with Crippen LogP contribution in [0.3, 0.4) is 0 Å². The Hall–Kier alpha value is -2.71. The maximum Gasteiger partial charge on any atom is 0.241 e. The van der Waals surface area contributed by atoms with Gasteiger partial charge in [0.15, 0.2) is 0 Å². The van der Waals surface area contributed by atoms with Gasteiger partial charge >= 0.3 is 0 Å². The predicted molar refractivity (Wildman–Crippen MR) is 105 cm³/mol. The van der Waals surface area contributed by atoms with Gasteiger partial charge in [-0.2, -0.15) is 4.72 Å². The number of nitrogens with one attached hydrogen (secondary N) is 1. The summed E-state index contributed by atoms with van der Waals surface area (Å²) < 4.78 is 28.2. The second-order valence-corrected chi connectivity index (χ2v) is 8.90. The molecule has 2 aromatic rings. The van der Waals surface area contributed by atoms with Crippen LogP contribution in [0.1, 0.15) is 24.0 Å². The monoisotopic (exact) mass is 415 g/mol. The maximum atomic E-state index is 13.1. The summed E-state index contributed by atoms with van der Waals surface area (Å²) in [5.74, 6) is -1.88. The molecule has 1 amide bonds. The van der Waals surface area contributed by atoms with E-state index in [0.717, 1.165) is 11.1 Å². The zero-order valence-electron chi connectivity index (χ0n) is 16.1. The van der Waals surface area contributed by atoms with Gasteiger partial charge in [-0.1, -0.05) is 48.0 Å². The third-order valence-electron chi connectivity index (χ3n) is 5.02. The second-order valence-electron chi connectivity index (χ2n) is 7.19. The number of nitrogens with zero attached hydrogens (tertiary/aromatic N) is 1. The van der Waals surface area contributed by atoms with Crippen molar-refractivity contribution >= 4 is 21.9 Å². The van der Waals surface area contributed by atoms with Crippen molar-refractivity contribution in [3.63, 3.8) is 0 Å². The van der Waals surface area contributed by atoms with E-state index >= 15 is 0 Å². The van der Waals surface area contributed by atoms with Crippen molar-refractivity contribution in [3.8, 4) is 0 Å². The fourth-order valence-electron chi connectivity index (χ4n) is 3.48. The highest BCUT2D eigenvalue weighted by molar-refractivity contribution is 7.89. The molecule has 1 N–H and O–H groups in total. The number of benzene rings is 2. The van der Waals surface area contributed by atoms with Crippen LogP contribution in [0.2, 0.25) is 0 Å². The Bertz CT molecular complexity index is 974. The predicted octanol–water partition coefficient (Wildman–Crippen LogP) is 0.626. The van der Waals surface area contributed by atoms with Gasteiger partial charge in [-0.25, -0.2) is 8.42 Å². The van der Waals surface area contributed by atoms with Crippen LogP contribution < -0.4 is 9.83 Å². The molecule has 0 unspecified atom stereocenters. The van der Waals surface area contributed by atoms with Crippen molar-refractivity contribution < 1.29 is 23.1 Å². The molecule has 1 aliphatic heterocycles. The van der Waals surface area contributed by atoms with Gasteiger partial charge < -0.3 is 14.8 Å². The van der Waals surface area contributed by atoms with Gasteiger partial charge in [0, 0.05) is 6.54 Å². The Morgan fingerprint density at radius 3 is 2.41 bits per heavy atom. The molecule has 7 nitrogen and oxygen atoms in total. The van der Waals surface area contributed by atoms with E-state index in [2.05, 4.69) is 4.72 Å². The Labute approximate surface area is 170 Å². The Morgan fingerprint density at radius 1 is 1.14 bits per heavy atom. The molecule has 1 fully saturated rings. The van der Waals surface area contributed by atoms with Crippen LogP contribution in [-0.4, -0.2) is 43.8 Å². The number of carbonyl (C=O) groups excluding carboxylic acids is 2. The summed E-state index contributed by atoms with van der Waals surface area (Å²) in [5.41, 5.74) is 1.68. The molecule has 2 aromatic carbocycles. The highest BCUT2D eigenvalue weighted by atomic mass is 32.2. The van der Waals surface area contributed by atoms with Crippen molar-refractivity contribution in [1.29, 1.82) is 0 Å². The summed E-state index contributed by atoms with van der Waals surface area (Å²) in [6, 6.07) is 13.1. The first kappa shape index (κ1) is 21.0. The van der Waals surface area contributed by atoms with Crippen molar-refractivity contribution in [2.75, 3.05) is 6.54 Å². The largest absolute Gasteiger partial charge is 0.548 e. The fourth-order valence-corrected chi connectivity index (χ4v) is 4.67. The molecule has 0 saturated carbocycles. The average molecular weight is 415 g/mol. The summed E-state index contributed by atoms with van der Waals surface area (Å²) >= 11 is 0. The van der Waals surface area contributed by atoms with Crippen LogP contribution in [0.4, 0.5) is 0 Å². The number of carboxylic acids is 1. The first-order valence-electron chi connectivity index (χ1n) is 9.42. The van der Waals surface area contributed by atoms with Gasteiger partial charge in [0.05, 0.1) is 16.9 Å². The molecule has 0 aromatic heterocycles. The van der Waals surface area contributed by atoms with E-state index in [4.69, 9.17) is 0 Å². The minimum Gasteiger partial charge on any atom is -0.548 e. The number of hydrogen-bond donors (Lipinski definition) is 1. The summed E-state index contributed by atoms with van der Waals surface area (Å²) in [7, 11) is -3.97. The van der Waals surface area contributed by atoms with E-state index in [1.54, 1.807) is 36.4 Å². The number of sulfonamides is 1. The number of rotatable bonds is 7. The maximum absolute atomic E-state index is 13.1. The molecule has 29 heavy (non-hydrogen) atoms. The number of carboxylic acid groups (broad SMARTS) is 1. The van der Waals surface area contributed by atoms with Crippen LogP contribution in [0, 0.1) is 6.92 Å². The number of aryl methyl sites for hydroxylation is 1. The van der Waals surface area contributed by atoms with Crippen molar-refractivity contribution in [1.82, 2.24) is 9.62 Å². The summed E-state index contributed by atoms with van der Waals surface area (Å²) in [5, 5.41) is 11.4. The summed E-state index contributed by atoms with van der Waals surface area (Å²) in [6.07, 6.45) is 0.949. The third-order valence-corrected chi connectivity index (χ3v) is 6.50. The molecular weight excluding hydrogens is 392 g/mol. The van der Waals surface area contributed by atoms with Crippen LogP contribution >= 0.6 is 0 Å². The minimum absolute atomic E-state index is 0.0480. The van der Waals surface area contributed by atoms with E-state index in [-0.39, 0.29) is 17.9 Å². The molecule has 1 saturated heterocycles. The molecule has 8 heteroatoms. The van der Waals surface area contributed by atoms with E-state index in [1.165, 1.54) is 17.0 Å². The number of carbonyl (C=O) groups is 2. The number of hydrogen-bond acceptors (Lipinski definition) is 5. The zero-order valence-corrected chi connectivity index (χ0v) is 16.9. The van der Waals surface area contributed by atoms with Gasteiger partial charge in [-0.05, 0) is 43.9 Å². The second kappa shape index (κ2) is 8.75. The van der Waals surface area contributed by atoms with Crippen LogP contribution in [0.5, 0.6) is 0 Å². The molecule has 1 aliphatic rings. The van der Waals surface area contributed by atoms with E-state index in [9.17, 15) is 23.1 Å². The van der Waals surface area contributed by atoms with Gasteiger partial charge in [0.25, 0.3) is 0 Å². The fraction of sp³-hybridized carbons (Fsp3) is 0.333. The molecule has 2 atom stereocenters. The van der Waals surface area contributed by atoms with E-state index in [1.807, 2.05) is 13.0 Å². The first-order valence-corrected chi connectivity index (χ1v) is 10.9. The third kappa shape index (κ3) is 5.02. The molecule has 0 radical (unpaired) electrons. The quantitative estimate of drug-likeness (QED) is 0.714. The lowest BCUT2D eigenvalue weighted by Gasteiger charge is -2.29. The zero-order chi connectivity index (χ0) is 21.0. The van der Waals surface area contributed by atoms with E-state index < -0.39 is 34.0 Å². The SMILES string of the molecule is Cc1ccc(S(=O)(=O)N[C@H](Cc2ccccc2)C(=O)N2CCC[C@H]2C(=O)[O-])cc1. The van der Waals surface area contributed by atoms with Crippen molar-refractivity contribution in [3.05, 3.63) is 65.7 Å². The minimum atomic E-state index is -3.97. The first-order chi connectivity index (χ1) is 13.8. The standard InChI is InChI=1S/C21H24N2O5S/c1-15-9-11-17(12-10-15)29(27,28)22-18(14-16-6-3-2-4-7-16)20(24)23-13-5-8-19(23)21(25)26/h2-4,6-7,9-12,18-19,22H,5,8,13-14H2,1H3,(H,25,26)/p-1/t18-,19+/m1/s1. The van der Waals surface area contributed by atoms with E-state index in [0.29, 0.717) is 12.8 Å². The van der Waals surface area contributed by atoms with Crippen LogP contribution in [0.25, 0.3) is 0 Å². The summed E-state index contributed by atoms with van der Waals surface area (Å²) in [6.45, 7) is 2.11. The topological polar surface area (TPSA) is 107 Å². The molecule has 0 aliphatic carbocycles. The lowest BCUT2D eigenvalue weighted by atomic mass is 10.1. The Kier molecular flexibility index (Phi) is 6.34. The Balaban J connectivity index is 1.89. The van der Waals surface area contributed by atoms with Gasteiger partial charge in [0.1, 0.15) is 6.04 Å². The highest BCUT2D eigenvalue weighted by Gasteiger charge is 2.36. The highest BCUT2D eigenvalue weighted by Crippen LogP contribution is 2.20. The number of amides is 1. The normalized spacial score (nSPS) is 17.8. The van der Waals surface area contributed by atoms with Gasteiger partial charge in [-0.3, -0.25) is 4.79 Å². The Morgan fingerprint density at radius 2 is 1.79 bits per heavy atom. The smallest absolute Gasteiger partial charge is 0.241 e. The molecule has 0 spiro atoms. The summed E-state index contributed by atoms with van der Waals surface area (Å²) in [4.78, 5) is 25.8. The van der Waals surface area contributed by atoms with Gasteiger partial charge in [-0.15, -0.1) is 0 Å². The van der Waals surface area contributed by atoms with Crippen molar-refractivity contribution in [2.24, 2.45) is 0 Å². The van der Waals surface area contributed by atoms with Crippen LogP contribution in [0.15, 0.2) is 59.5 Å². The molecular formula is C21H23N2O5S-. The van der Waals surface area contributed by atoms with Crippen molar-refractivity contribution in [2.45, 2.75) is 43.2 Å². The molecule has 0 bridgehead atoms. The number of likely N-dealkylation sites (tertiary alicyclic amines) is 1. The average Bonchev–Trinajstić information content (AvgIpc) is 3.18. The molecule has 3 rings (SSSR count). The van der Waals surface area contributed by atoms with Crippen LogP contribution in [-0.2, 0) is 26.0 Å². The number of aliphatic carboxylic acids is 1. The molecule has 154 valence electrons. The lowest BCUT2D eigenvalue weighted by molar-refractivity contribution is -0.310. The lowest BCUT2D eigenvalue weighted by Crippen LogP contribution is -2.54.